The molecule has 0 unspecified atom stereocenters. The smallest absolute Gasteiger partial charge is 0.484 e. The van der Waals surface area contributed by atoms with Crippen LogP contribution in [0.2, 0.25) is 0 Å². The highest BCUT2D eigenvalue weighted by molar-refractivity contribution is 5.69. The van der Waals surface area contributed by atoms with Gasteiger partial charge in [0.15, 0.2) is 5.75 Å². The largest absolute Gasteiger partial charge is 0.573 e. The summed E-state index contributed by atoms with van der Waals surface area (Å²) in [7, 11) is 0. The van der Waals surface area contributed by atoms with Gasteiger partial charge in [-0.3, -0.25) is 10.1 Å². The van der Waals surface area contributed by atoms with Crippen molar-refractivity contribution in [1.29, 1.82) is 0 Å². The zero-order valence-corrected chi connectivity index (χ0v) is 14.4. The molecule has 8 heteroatoms. The summed E-state index contributed by atoms with van der Waals surface area (Å²) in [5.41, 5.74) is 0.891. The highest BCUT2D eigenvalue weighted by Crippen LogP contribution is 2.35. The summed E-state index contributed by atoms with van der Waals surface area (Å²) < 4.78 is 46.4. The summed E-state index contributed by atoms with van der Waals surface area (Å²) in [5.74, 6) is -0.134. The molecule has 0 heterocycles. The number of nitro benzene ring substituents is 1. The Bertz CT molecular complexity index is 800. The Morgan fingerprint density at radius 3 is 2.19 bits per heavy atom. The number of hydrogen-bond acceptors (Lipinski definition) is 4. The fourth-order valence-electron chi connectivity index (χ4n) is 3.15. The lowest BCUT2D eigenvalue weighted by Gasteiger charge is -2.22. The summed E-state index contributed by atoms with van der Waals surface area (Å²) >= 11 is 0. The molecule has 0 radical (unpaired) electrons. The van der Waals surface area contributed by atoms with Crippen LogP contribution in [0.1, 0.15) is 32.1 Å². The van der Waals surface area contributed by atoms with Gasteiger partial charge in [0.2, 0.25) is 0 Å². The Labute approximate surface area is 153 Å². The lowest BCUT2D eigenvalue weighted by atomic mass is 9.97. The van der Waals surface area contributed by atoms with Gasteiger partial charge in [-0.1, -0.05) is 24.6 Å². The molecule has 0 spiro atoms. The van der Waals surface area contributed by atoms with Crippen LogP contribution in [-0.4, -0.2) is 17.4 Å². The molecule has 1 aliphatic carbocycles. The second-order valence-corrected chi connectivity index (χ2v) is 6.39. The minimum Gasteiger partial charge on any atom is -0.484 e. The minimum atomic E-state index is -4.77. The van der Waals surface area contributed by atoms with Crippen molar-refractivity contribution >= 4 is 5.69 Å². The average Bonchev–Trinajstić information content (AvgIpc) is 2.62. The van der Waals surface area contributed by atoms with Gasteiger partial charge in [0.1, 0.15) is 5.75 Å². The molecule has 1 fully saturated rings. The number of nitrogens with zero attached hydrogens (tertiary/aromatic N) is 1. The molecule has 27 heavy (non-hydrogen) atoms. The molecule has 0 atom stereocenters. The van der Waals surface area contributed by atoms with E-state index in [1.54, 1.807) is 12.1 Å². The number of alkyl halides is 3. The van der Waals surface area contributed by atoms with E-state index in [1.165, 1.54) is 30.3 Å². The van der Waals surface area contributed by atoms with Gasteiger partial charge < -0.3 is 9.47 Å². The molecule has 0 aliphatic heterocycles. The average molecular weight is 381 g/mol. The maximum Gasteiger partial charge on any atom is 0.573 e. The summed E-state index contributed by atoms with van der Waals surface area (Å²) in [6, 6.07) is 9.75. The third-order valence-electron chi connectivity index (χ3n) is 4.42. The summed E-state index contributed by atoms with van der Waals surface area (Å²) in [6.07, 6.45) is 0.195. The van der Waals surface area contributed by atoms with E-state index in [-0.39, 0.29) is 23.3 Å². The van der Waals surface area contributed by atoms with E-state index in [4.69, 9.17) is 4.74 Å². The van der Waals surface area contributed by atoms with E-state index in [9.17, 15) is 23.3 Å². The van der Waals surface area contributed by atoms with Crippen LogP contribution in [0.15, 0.2) is 42.5 Å². The van der Waals surface area contributed by atoms with Crippen molar-refractivity contribution in [2.45, 2.75) is 44.6 Å². The van der Waals surface area contributed by atoms with Crippen LogP contribution in [0.25, 0.3) is 11.1 Å². The van der Waals surface area contributed by atoms with Crippen molar-refractivity contribution in [3.63, 3.8) is 0 Å². The Morgan fingerprint density at radius 1 is 0.963 bits per heavy atom. The van der Waals surface area contributed by atoms with E-state index in [0.717, 1.165) is 32.1 Å². The first-order valence-corrected chi connectivity index (χ1v) is 8.63. The molecule has 0 amide bonds. The zero-order valence-electron chi connectivity index (χ0n) is 14.4. The molecule has 0 aromatic heterocycles. The number of nitro groups is 1. The Kier molecular flexibility index (Phi) is 5.53. The Hall–Kier alpha value is -2.77. The van der Waals surface area contributed by atoms with Crippen molar-refractivity contribution < 1.29 is 27.6 Å². The SMILES string of the molecule is O=[N+]([O-])c1cc(-c2ccc(OC(F)(F)F)cc2)ccc1OC1CCCCC1. The second kappa shape index (κ2) is 7.85. The van der Waals surface area contributed by atoms with Crippen molar-refractivity contribution in [2.24, 2.45) is 0 Å². The molecule has 2 aromatic rings. The van der Waals surface area contributed by atoms with Crippen molar-refractivity contribution in [1.82, 2.24) is 0 Å². The first-order valence-electron chi connectivity index (χ1n) is 8.63. The zero-order chi connectivity index (χ0) is 19.4. The van der Waals surface area contributed by atoms with E-state index in [2.05, 4.69) is 4.74 Å². The third-order valence-corrected chi connectivity index (χ3v) is 4.42. The lowest BCUT2D eigenvalue weighted by Crippen LogP contribution is -2.20. The molecule has 0 saturated heterocycles. The predicted octanol–water partition coefficient (Wildman–Crippen LogP) is 5.87. The number of hydrogen-bond donors (Lipinski definition) is 0. The molecule has 0 N–H and O–H groups in total. The number of halogens is 3. The van der Waals surface area contributed by atoms with Crippen LogP contribution in [0.5, 0.6) is 11.5 Å². The van der Waals surface area contributed by atoms with Gasteiger partial charge in [0, 0.05) is 6.07 Å². The number of ether oxygens (including phenoxy) is 2. The summed E-state index contributed by atoms with van der Waals surface area (Å²) in [4.78, 5) is 10.9. The molecule has 2 aromatic carbocycles. The van der Waals surface area contributed by atoms with E-state index in [0.29, 0.717) is 11.1 Å². The van der Waals surface area contributed by atoms with Crippen LogP contribution < -0.4 is 9.47 Å². The molecule has 3 rings (SSSR count). The predicted molar refractivity (Wildman–Crippen MR) is 92.7 cm³/mol. The molecular formula is C19H18F3NO4. The van der Waals surface area contributed by atoms with Gasteiger partial charge in [0.05, 0.1) is 11.0 Å². The van der Waals surface area contributed by atoms with Gasteiger partial charge in [-0.25, -0.2) is 0 Å². The third kappa shape index (κ3) is 5.12. The first-order chi connectivity index (χ1) is 12.8. The van der Waals surface area contributed by atoms with Crippen LogP contribution >= 0.6 is 0 Å². The monoisotopic (exact) mass is 381 g/mol. The summed E-state index contributed by atoms with van der Waals surface area (Å²) in [5, 5.41) is 11.4. The van der Waals surface area contributed by atoms with Crippen molar-refractivity contribution in [3.05, 3.63) is 52.6 Å². The highest BCUT2D eigenvalue weighted by atomic mass is 19.4. The Balaban J connectivity index is 1.82. The molecule has 1 saturated carbocycles. The standard InChI is InChI=1S/C19H18F3NO4/c20-19(21,22)27-16-9-6-13(7-10-16)14-8-11-18(17(12-14)23(24)25)26-15-4-2-1-3-5-15/h6-12,15H,1-5H2. The number of rotatable bonds is 5. The maximum atomic E-state index is 12.2. The van der Waals surface area contributed by atoms with E-state index < -0.39 is 11.3 Å². The number of benzene rings is 2. The molecule has 1 aliphatic rings. The van der Waals surface area contributed by atoms with Gasteiger partial charge in [-0.2, -0.15) is 0 Å². The first kappa shape index (κ1) is 19.0. The topological polar surface area (TPSA) is 61.6 Å². The fourth-order valence-corrected chi connectivity index (χ4v) is 3.15. The lowest BCUT2D eigenvalue weighted by molar-refractivity contribution is -0.386. The van der Waals surface area contributed by atoms with Crippen LogP contribution in [-0.2, 0) is 0 Å². The summed E-state index contributed by atoms with van der Waals surface area (Å²) in [6.45, 7) is 0. The van der Waals surface area contributed by atoms with E-state index in [1.807, 2.05) is 0 Å². The van der Waals surface area contributed by atoms with Crippen LogP contribution in [0.4, 0.5) is 18.9 Å². The van der Waals surface area contributed by atoms with Crippen LogP contribution in [0.3, 0.4) is 0 Å². The van der Waals surface area contributed by atoms with Crippen LogP contribution in [0, 0.1) is 10.1 Å². The van der Waals surface area contributed by atoms with Gasteiger partial charge in [-0.05, 0) is 55.0 Å². The molecule has 5 nitrogen and oxygen atoms in total. The fraction of sp³-hybridized carbons (Fsp3) is 0.368. The molecular weight excluding hydrogens is 363 g/mol. The van der Waals surface area contributed by atoms with Crippen molar-refractivity contribution in [3.8, 4) is 22.6 Å². The Morgan fingerprint density at radius 2 is 1.59 bits per heavy atom. The quantitative estimate of drug-likeness (QED) is 0.480. The second-order valence-electron chi connectivity index (χ2n) is 6.39. The van der Waals surface area contributed by atoms with Crippen molar-refractivity contribution in [2.75, 3.05) is 0 Å². The minimum absolute atomic E-state index is 0.0258. The normalized spacial score (nSPS) is 15.4. The van der Waals surface area contributed by atoms with Gasteiger partial charge >= 0.3 is 12.0 Å². The molecule has 0 bridgehead atoms. The van der Waals surface area contributed by atoms with E-state index >= 15 is 0 Å². The van der Waals surface area contributed by atoms with Gasteiger partial charge in [-0.15, -0.1) is 13.2 Å². The molecule has 144 valence electrons. The maximum absolute atomic E-state index is 12.2. The van der Waals surface area contributed by atoms with Gasteiger partial charge in [0.25, 0.3) is 0 Å². The highest BCUT2D eigenvalue weighted by Gasteiger charge is 2.31.